The molecular formula is C26H24ClF2N5O4. The molecule has 198 valence electrons. The number of nitrogens with one attached hydrogen (secondary N) is 1. The minimum Gasteiger partial charge on any atom is -0.420 e. The number of nitrogens with zero attached hydrogens (tertiary/aromatic N) is 4. The number of hydrogen-bond acceptors (Lipinski definition) is 6. The van der Waals surface area contributed by atoms with Crippen LogP contribution < -0.4 is 15.0 Å². The summed E-state index contributed by atoms with van der Waals surface area (Å²) in [7, 11) is 0. The Bertz CT molecular complexity index is 1400. The van der Waals surface area contributed by atoms with Crippen LogP contribution in [0.15, 0.2) is 48.7 Å². The van der Waals surface area contributed by atoms with E-state index in [2.05, 4.69) is 20.1 Å². The number of aromatic nitrogens is 2. The first kappa shape index (κ1) is 24.6. The molecule has 6 rings (SSSR count). The SMILES string of the molecule is CC1N2c3c(cc(C(=O)Nc4ccc(OC(F)(F)Cl)cc4)cc3-c3ccnn31)CC2C(=O)N1CCOCC1. The Morgan fingerprint density at radius 1 is 1.16 bits per heavy atom. The quantitative estimate of drug-likeness (QED) is 0.488. The molecule has 9 nitrogen and oxygen atoms in total. The average Bonchev–Trinajstić information content (AvgIpc) is 3.54. The fourth-order valence-electron chi connectivity index (χ4n) is 5.48. The molecule has 12 heteroatoms. The molecule has 0 aliphatic carbocycles. The molecule has 4 heterocycles. The molecule has 38 heavy (non-hydrogen) atoms. The molecule has 0 bridgehead atoms. The van der Waals surface area contributed by atoms with Crippen LogP contribution in [0.4, 0.5) is 20.2 Å². The van der Waals surface area contributed by atoms with E-state index in [-0.39, 0.29) is 23.7 Å². The molecule has 1 aromatic heterocycles. The van der Waals surface area contributed by atoms with Crippen molar-refractivity contribution in [3.05, 3.63) is 59.8 Å². The lowest BCUT2D eigenvalue weighted by atomic mass is 9.98. The van der Waals surface area contributed by atoms with Crippen LogP contribution in [0.25, 0.3) is 11.3 Å². The van der Waals surface area contributed by atoms with Gasteiger partial charge in [0, 0.05) is 54.1 Å². The second kappa shape index (κ2) is 9.25. The van der Waals surface area contributed by atoms with Gasteiger partial charge in [-0.2, -0.15) is 5.10 Å². The van der Waals surface area contributed by atoms with Crippen molar-refractivity contribution >= 4 is 34.8 Å². The fourth-order valence-corrected chi connectivity index (χ4v) is 5.57. The summed E-state index contributed by atoms with van der Waals surface area (Å²) in [5, 5.41) is 7.29. The zero-order valence-corrected chi connectivity index (χ0v) is 21.1. The minimum atomic E-state index is -3.82. The summed E-state index contributed by atoms with van der Waals surface area (Å²) in [5.74, 6) is -0.475. The van der Waals surface area contributed by atoms with E-state index in [1.165, 1.54) is 24.3 Å². The summed E-state index contributed by atoms with van der Waals surface area (Å²) in [6.07, 6.45) is 2.00. The zero-order valence-electron chi connectivity index (χ0n) is 20.4. The van der Waals surface area contributed by atoms with Crippen LogP contribution in [0.1, 0.15) is 29.0 Å². The van der Waals surface area contributed by atoms with Gasteiger partial charge in [0.25, 0.3) is 5.91 Å². The van der Waals surface area contributed by atoms with Crippen molar-refractivity contribution in [2.24, 2.45) is 0 Å². The van der Waals surface area contributed by atoms with Gasteiger partial charge in [-0.05, 0) is 55.0 Å². The van der Waals surface area contributed by atoms with Crippen LogP contribution in [-0.4, -0.2) is 64.4 Å². The monoisotopic (exact) mass is 543 g/mol. The Kier molecular flexibility index (Phi) is 5.99. The van der Waals surface area contributed by atoms with Gasteiger partial charge in [0.05, 0.1) is 24.6 Å². The Hall–Kier alpha value is -3.70. The summed E-state index contributed by atoms with van der Waals surface area (Å²) in [5.41, 5.74) is 0.526. The van der Waals surface area contributed by atoms with Crippen LogP contribution in [-0.2, 0) is 16.0 Å². The summed E-state index contributed by atoms with van der Waals surface area (Å²) < 4.78 is 37.4. The van der Waals surface area contributed by atoms with Gasteiger partial charge in [0.2, 0.25) is 5.91 Å². The van der Waals surface area contributed by atoms with Crippen LogP contribution in [0.2, 0.25) is 0 Å². The molecule has 1 fully saturated rings. The normalized spacial score (nSPS) is 20.1. The predicted molar refractivity (Wildman–Crippen MR) is 136 cm³/mol. The van der Waals surface area contributed by atoms with Crippen molar-refractivity contribution in [3.63, 3.8) is 0 Å². The number of alkyl halides is 3. The lowest BCUT2D eigenvalue weighted by molar-refractivity contribution is -0.136. The van der Waals surface area contributed by atoms with E-state index in [9.17, 15) is 18.4 Å². The third-order valence-electron chi connectivity index (χ3n) is 7.11. The molecule has 0 spiro atoms. The number of hydrogen-bond donors (Lipinski definition) is 1. The van der Waals surface area contributed by atoms with Gasteiger partial charge in [0.1, 0.15) is 18.0 Å². The van der Waals surface area contributed by atoms with E-state index in [0.717, 1.165) is 22.5 Å². The number of anilines is 2. The summed E-state index contributed by atoms with van der Waals surface area (Å²) in [4.78, 5) is 30.8. The highest BCUT2D eigenvalue weighted by Crippen LogP contribution is 2.49. The maximum absolute atomic E-state index is 13.6. The second-order valence-corrected chi connectivity index (χ2v) is 9.86. The molecule has 3 aliphatic rings. The Labute approximate surface area is 221 Å². The smallest absolute Gasteiger partial charge is 0.420 e. The first-order valence-corrected chi connectivity index (χ1v) is 12.6. The second-order valence-electron chi connectivity index (χ2n) is 9.42. The van der Waals surface area contributed by atoms with E-state index in [4.69, 9.17) is 16.3 Å². The van der Waals surface area contributed by atoms with E-state index in [0.29, 0.717) is 44.0 Å². The van der Waals surface area contributed by atoms with Crippen molar-refractivity contribution in [2.45, 2.75) is 31.1 Å². The highest BCUT2D eigenvalue weighted by atomic mass is 35.5. The molecule has 3 aliphatic heterocycles. The van der Waals surface area contributed by atoms with Crippen LogP contribution in [0.3, 0.4) is 0 Å². The van der Waals surface area contributed by atoms with Crippen molar-refractivity contribution < 1.29 is 27.8 Å². The third-order valence-corrected chi connectivity index (χ3v) is 7.19. The van der Waals surface area contributed by atoms with E-state index < -0.39 is 11.6 Å². The van der Waals surface area contributed by atoms with Gasteiger partial charge in [-0.1, -0.05) is 0 Å². The number of ether oxygens (including phenoxy) is 2. The lowest BCUT2D eigenvalue weighted by Gasteiger charge is -2.40. The van der Waals surface area contributed by atoms with E-state index in [1.807, 2.05) is 28.6 Å². The molecule has 3 aromatic rings. The average molecular weight is 544 g/mol. The summed E-state index contributed by atoms with van der Waals surface area (Å²) >= 11 is 4.81. The maximum Gasteiger partial charge on any atom is 0.487 e. The third kappa shape index (κ3) is 4.35. The van der Waals surface area contributed by atoms with Crippen LogP contribution >= 0.6 is 11.6 Å². The number of rotatable bonds is 5. The van der Waals surface area contributed by atoms with Crippen molar-refractivity contribution in [2.75, 3.05) is 36.5 Å². The molecule has 1 N–H and O–H groups in total. The first-order chi connectivity index (χ1) is 18.2. The number of fused-ring (bicyclic) bond motifs is 2. The van der Waals surface area contributed by atoms with Crippen molar-refractivity contribution in [3.8, 4) is 17.0 Å². The minimum absolute atomic E-state index is 0.0359. The largest absolute Gasteiger partial charge is 0.487 e. The van der Waals surface area contributed by atoms with Gasteiger partial charge < -0.3 is 24.6 Å². The zero-order chi connectivity index (χ0) is 26.6. The summed E-state index contributed by atoms with van der Waals surface area (Å²) in [6, 6.07) is 10.6. The lowest BCUT2D eigenvalue weighted by Crippen LogP contribution is -2.52. The van der Waals surface area contributed by atoms with Gasteiger partial charge in [0.15, 0.2) is 0 Å². The topological polar surface area (TPSA) is 88.9 Å². The fraction of sp³-hybridized carbons (Fsp3) is 0.346. The van der Waals surface area contributed by atoms with E-state index in [1.54, 1.807) is 12.3 Å². The predicted octanol–water partition coefficient (Wildman–Crippen LogP) is 4.09. The highest BCUT2D eigenvalue weighted by molar-refractivity contribution is 6.20. The molecule has 0 saturated carbocycles. The standard InChI is InChI=1S/C26H24ClF2N5O4/c1-15-33-22(25(36)32-8-10-37-11-9-32)14-16-12-17(13-20(23(16)33)21-6-7-30-34(15)21)24(35)31-18-2-4-19(5-3-18)38-26(27,28)29/h2-7,12-13,15,22H,8-11,14H2,1H3,(H,31,35). The molecular weight excluding hydrogens is 520 g/mol. The highest BCUT2D eigenvalue weighted by Gasteiger charge is 2.45. The number of amides is 2. The molecule has 1 saturated heterocycles. The van der Waals surface area contributed by atoms with Gasteiger partial charge in [-0.3, -0.25) is 9.59 Å². The Morgan fingerprint density at radius 2 is 1.89 bits per heavy atom. The molecule has 0 radical (unpaired) electrons. The number of benzene rings is 2. The summed E-state index contributed by atoms with van der Waals surface area (Å²) in [6.45, 7) is 4.15. The van der Waals surface area contributed by atoms with Crippen molar-refractivity contribution in [1.82, 2.24) is 14.7 Å². The van der Waals surface area contributed by atoms with Crippen LogP contribution in [0.5, 0.6) is 5.75 Å². The number of morpholine rings is 1. The van der Waals surface area contributed by atoms with Crippen molar-refractivity contribution in [1.29, 1.82) is 0 Å². The molecule has 2 aromatic carbocycles. The maximum atomic E-state index is 13.6. The number of halogens is 3. The Morgan fingerprint density at radius 3 is 2.61 bits per heavy atom. The van der Waals surface area contributed by atoms with E-state index >= 15 is 0 Å². The van der Waals surface area contributed by atoms with Gasteiger partial charge in [-0.15, -0.1) is 8.78 Å². The van der Waals surface area contributed by atoms with Gasteiger partial charge >= 0.3 is 5.57 Å². The molecule has 2 amide bonds. The molecule has 2 atom stereocenters. The number of carbonyl (C=O) groups is 2. The van der Waals surface area contributed by atoms with Crippen LogP contribution in [0, 0.1) is 0 Å². The molecule has 2 unspecified atom stereocenters. The number of carbonyl (C=O) groups excluding carboxylic acids is 2. The van der Waals surface area contributed by atoms with Gasteiger partial charge in [-0.25, -0.2) is 4.68 Å². The first-order valence-electron chi connectivity index (χ1n) is 12.2. The Balaban J connectivity index is 1.31.